The molecule has 0 spiro atoms. The fraction of sp³-hybridized carbons (Fsp3) is 0.750. The molecule has 0 aromatic rings. The van der Waals surface area contributed by atoms with Gasteiger partial charge in [-0.2, -0.15) is 0 Å². The van der Waals surface area contributed by atoms with Crippen molar-refractivity contribution >= 4 is 22.8 Å². The van der Waals surface area contributed by atoms with Crippen LogP contribution in [0.25, 0.3) is 0 Å². The zero-order valence-electron chi connectivity index (χ0n) is 7.04. The summed E-state index contributed by atoms with van der Waals surface area (Å²) in [5, 5.41) is -0.0281. The Kier molecular flexibility index (Phi) is 3.59. The molecule has 4 heteroatoms. The van der Waals surface area contributed by atoms with Crippen molar-refractivity contribution in [1.82, 2.24) is 0 Å². The van der Waals surface area contributed by atoms with E-state index in [2.05, 4.69) is 0 Å². The fourth-order valence-electron chi connectivity index (χ4n) is 1.14. The van der Waals surface area contributed by atoms with Crippen LogP contribution in [0.5, 0.6) is 0 Å². The van der Waals surface area contributed by atoms with Crippen LogP contribution in [0.1, 0.15) is 19.8 Å². The average Bonchev–Trinajstić information content (AvgIpc) is 2.05. The topological polar surface area (TPSA) is 43.4 Å². The first kappa shape index (κ1) is 9.58. The number of carbonyl (C=O) groups is 2. The molecule has 1 fully saturated rings. The number of esters is 1. The molecule has 1 saturated heterocycles. The zero-order valence-corrected chi connectivity index (χ0v) is 7.86. The Morgan fingerprint density at radius 1 is 1.75 bits per heavy atom. The predicted octanol–water partition coefficient (Wildman–Crippen LogP) is 1.22. The van der Waals surface area contributed by atoms with E-state index < -0.39 is 5.92 Å². The highest BCUT2D eigenvalue weighted by Gasteiger charge is 2.30. The van der Waals surface area contributed by atoms with Crippen LogP contribution >= 0.6 is 11.8 Å². The van der Waals surface area contributed by atoms with Gasteiger partial charge in [0.15, 0.2) is 0 Å². The third-order valence-electron chi connectivity index (χ3n) is 1.74. The quantitative estimate of drug-likeness (QED) is 0.482. The van der Waals surface area contributed by atoms with Gasteiger partial charge in [0, 0.05) is 5.75 Å². The van der Waals surface area contributed by atoms with Gasteiger partial charge in [0.2, 0.25) is 5.12 Å². The molecule has 3 nitrogen and oxygen atoms in total. The molecular weight excluding hydrogens is 176 g/mol. The van der Waals surface area contributed by atoms with Crippen LogP contribution in [0, 0.1) is 5.92 Å². The van der Waals surface area contributed by atoms with E-state index in [0.29, 0.717) is 13.0 Å². The summed E-state index contributed by atoms with van der Waals surface area (Å²) in [5.74, 6) is -0.00670. The van der Waals surface area contributed by atoms with Gasteiger partial charge in [-0.1, -0.05) is 11.8 Å². The molecule has 0 aromatic carbocycles. The Morgan fingerprint density at radius 3 is 3.08 bits per heavy atom. The highest BCUT2D eigenvalue weighted by Crippen LogP contribution is 2.25. The van der Waals surface area contributed by atoms with Crippen LogP contribution < -0.4 is 0 Å². The van der Waals surface area contributed by atoms with Crippen LogP contribution in [0.3, 0.4) is 0 Å². The van der Waals surface area contributed by atoms with Gasteiger partial charge < -0.3 is 4.74 Å². The summed E-state index contributed by atoms with van der Waals surface area (Å²) in [6.45, 7) is 2.10. The van der Waals surface area contributed by atoms with Gasteiger partial charge in [-0.3, -0.25) is 9.59 Å². The van der Waals surface area contributed by atoms with Gasteiger partial charge in [-0.25, -0.2) is 0 Å². The van der Waals surface area contributed by atoms with E-state index in [9.17, 15) is 9.59 Å². The van der Waals surface area contributed by atoms with Crippen molar-refractivity contribution in [2.45, 2.75) is 19.8 Å². The second-order valence-corrected chi connectivity index (χ2v) is 3.71. The summed E-state index contributed by atoms with van der Waals surface area (Å²) < 4.78 is 4.78. The molecule has 1 atom stereocenters. The molecule has 1 rings (SSSR count). The summed E-state index contributed by atoms with van der Waals surface area (Å²) in [4.78, 5) is 22.3. The van der Waals surface area contributed by atoms with E-state index in [1.807, 2.05) is 0 Å². The van der Waals surface area contributed by atoms with Crippen LogP contribution in [-0.4, -0.2) is 23.4 Å². The maximum Gasteiger partial charge on any atom is 0.317 e. The van der Waals surface area contributed by atoms with E-state index >= 15 is 0 Å². The van der Waals surface area contributed by atoms with Crippen LogP contribution in [0.2, 0.25) is 0 Å². The first-order valence-corrected chi connectivity index (χ1v) is 5.07. The molecule has 0 aromatic heterocycles. The Labute approximate surface area is 75.8 Å². The predicted molar refractivity (Wildman–Crippen MR) is 46.8 cm³/mol. The molecule has 1 aliphatic rings. The van der Waals surface area contributed by atoms with E-state index in [0.717, 1.165) is 12.2 Å². The van der Waals surface area contributed by atoms with Gasteiger partial charge in [0.05, 0.1) is 6.61 Å². The molecule has 0 aliphatic carbocycles. The van der Waals surface area contributed by atoms with Crippen LogP contribution in [0.4, 0.5) is 0 Å². The van der Waals surface area contributed by atoms with Gasteiger partial charge in [0.1, 0.15) is 5.92 Å². The largest absolute Gasteiger partial charge is 0.465 e. The Balaban J connectivity index is 2.48. The van der Waals surface area contributed by atoms with Crippen molar-refractivity contribution in [1.29, 1.82) is 0 Å². The molecule has 1 aliphatic heterocycles. The Hall–Kier alpha value is -0.510. The Bertz CT molecular complexity index is 191. The van der Waals surface area contributed by atoms with Crippen LogP contribution in [0.15, 0.2) is 0 Å². The average molecular weight is 188 g/mol. The van der Waals surface area contributed by atoms with E-state index in [1.165, 1.54) is 11.8 Å². The smallest absolute Gasteiger partial charge is 0.317 e. The minimum absolute atomic E-state index is 0.0281. The highest BCUT2D eigenvalue weighted by atomic mass is 32.2. The second kappa shape index (κ2) is 4.50. The third kappa shape index (κ3) is 2.24. The number of ether oxygens (including phenoxy) is 1. The van der Waals surface area contributed by atoms with Crippen molar-refractivity contribution in [3.63, 3.8) is 0 Å². The van der Waals surface area contributed by atoms with Crippen molar-refractivity contribution in [2.75, 3.05) is 12.4 Å². The Morgan fingerprint density at radius 2 is 2.50 bits per heavy atom. The second-order valence-electron chi connectivity index (χ2n) is 2.61. The monoisotopic (exact) mass is 188 g/mol. The summed E-state index contributed by atoms with van der Waals surface area (Å²) in [7, 11) is 0. The van der Waals surface area contributed by atoms with Gasteiger partial charge >= 0.3 is 5.97 Å². The molecule has 1 heterocycles. The summed E-state index contributed by atoms with van der Waals surface area (Å²) in [5.41, 5.74) is 0. The maximum atomic E-state index is 11.2. The minimum atomic E-state index is -0.497. The van der Waals surface area contributed by atoms with Crippen molar-refractivity contribution in [2.24, 2.45) is 5.92 Å². The molecule has 12 heavy (non-hydrogen) atoms. The van der Waals surface area contributed by atoms with Crippen molar-refractivity contribution in [3.05, 3.63) is 0 Å². The zero-order chi connectivity index (χ0) is 8.97. The SMILES string of the molecule is CCOC(=O)[C@@H]1CCCSC1=O. The number of hydrogen-bond acceptors (Lipinski definition) is 4. The highest BCUT2D eigenvalue weighted by molar-refractivity contribution is 8.13. The number of thioether (sulfide) groups is 1. The summed E-state index contributed by atoms with van der Waals surface area (Å²) >= 11 is 1.24. The number of hydrogen-bond donors (Lipinski definition) is 0. The lowest BCUT2D eigenvalue weighted by molar-refractivity contribution is -0.150. The van der Waals surface area contributed by atoms with E-state index in [1.54, 1.807) is 6.92 Å². The molecular formula is C8H12O3S. The van der Waals surface area contributed by atoms with Crippen molar-refractivity contribution < 1.29 is 14.3 Å². The number of rotatable bonds is 2. The minimum Gasteiger partial charge on any atom is -0.465 e. The molecule has 0 radical (unpaired) electrons. The van der Waals surface area contributed by atoms with Gasteiger partial charge in [0.25, 0.3) is 0 Å². The summed E-state index contributed by atoms with van der Waals surface area (Å²) in [6, 6.07) is 0. The molecule has 0 saturated carbocycles. The standard InChI is InChI=1S/C8H12O3S/c1-2-11-7(9)6-4-3-5-12-8(6)10/h6H,2-5H2,1H3/t6-/m0/s1. The molecule has 0 unspecified atom stereocenters. The maximum absolute atomic E-state index is 11.2. The molecule has 0 N–H and O–H groups in total. The van der Waals surface area contributed by atoms with Crippen molar-refractivity contribution in [3.8, 4) is 0 Å². The first-order chi connectivity index (χ1) is 5.75. The first-order valence-electron chi connectivity index (χ1n) is 4.09. The normalized spacial score (nSPS) is 23.8. The van der Waals surface area contributed by atoms with Crippen LogP contribution in [-0.2, 0) is 14.3 Å². The van der Waals surface area contributed by atoms with Gasteiger partial charge in [-0.15, -0.1) is 0 Å². The lowest BCUT2D eigenvalue weighted by Gasteiger charge is -2.17. The van der Waals surface area contributed by atoms with Gasteiger partial charge in [-0.05, 0) is 19.8 Å². The molecule has 0 amide bonds. The number of carbonyl (C=O) groups excluding carboxylic acids is 2. The lowest BCUT2D eigenvalue weighted by atomic mass is 10.1. The fourth-order valence-corrected chi connectivity index (χ4v) is 2.06. The molecule has 0 bridgehead atoms. The van der Waals surface area contributed by atoms with E-state index in [4.69, 9.17) is 4.74 Å². The lowest BCUT2D eigenvalue weighted by Crippen LogP contribution is -2.27. The summed E-state index contributed by atoms with van der Waals surface area (Å²) in [6.07, 6.45) is 1.59. The molecule has 68 valence electrons. The van der Waals surface area contributed by atoms with E-state index in [-0.39, 0.29) is 11.1 Å². The third-order valence-corrected chi connectivity index (χ3v) is 2.80.